The second kappa shape index (κ2) is 4.52. The van der Waals surface area contributed by atoms with E-state index in [0.29, 0.717) is 12.1 Å². The summed E-state index contributed by atoms with van der Waals surface area (Å²) in [5.74, 6) is -1.27. The third kappa shape index (κ3) is 2.28. The van der Waals surface area contributed by atoms with E-state index in [1.807, 2.05) is 0 Å². The Kier molecular flexibility index (Phi) is 3.20. The Labute approximate surface area is 103 Å². The molecule has 0 spiro atoms. The van der Waals surface area contributed by atoms with E-state index in [9.17, 15) is 17.6 Å². The van der Waals surface area contributed by atoms with E-state index in [1.165, 1.54) is 0 Å². The summed E-state index contributed by atoms with van der Waals surface area (Å²) in [6.45, 7) is 0. The monoisotopic (exact) mass is 280 g/mol. The van der Waals surface area contributed by atoms with Gasteiger partial charge in [0.05, 0.1) is 17.1 Å². The van der Waals surface area contributed by atoms with Crippen LogP contribution in [0.2, 0.25) is 0 Å². The molecule has 1 heterocycles. The van der Waals surface area contributed by atoms with Crippen molar-refractivity contribution in [3.63, 3.8) is 0 Å². The lowest BCUT2D eigenvalue weighted by Crippen LogP contribution is -2.10. The quantitative estimate of drug-likeness (QED) is 0.627. The number of aromatic nitrogens is 4. The van der Waals surface area contributed by atoms with Gasteiger partial charge in [0.25, 0.3) is 0 Å². The normalized spacial score (nSPS) is 11.8. The molecule has 2 rings (SSSR count). The second-order valence-electron chi connectivity index (χ2n) is 3.30. The van der Waals surface area contributed by atoms with Crippen molar-refractivity contribution >= 4 is 11.6 Å². The minimum atomic E-state index is -4.78. The average molecular weight is 281 g/mol. The Morgan fingerprint density at radius 3 is 2.61 bits per heavy atom. The smallest absolute Gasteiger partial charge is 0.206 e. The van der Waals surface area contributed by atoms with Gasteiger partial charge in [-0.05, 0) is 28.6 Å². The van der Waals surface area contributed by atoms with Crippen molar-refractivity contribution in [2.45, 2.75) is 12.1 Å². The van der Waals surface area contributed by atoms with Crippen molar-refractivity contribution in [3.8, 4) is 5.69 Å². The lowest BCUT2D eigenvalue weighted by Gasteiger charge is -2.10. The van der Waals surface area contributed by atoms with Crippen LogP contribution < -0.4 is 0 Å². The fourth-order valence-electron chi connectivity index (χ4n) is 1.35. The summed E-state index contributed by atoms with van der Waals surface area (Å²) in [5.41, 5.74) is -1.39. The highest BCUT2D eigenvalue weighted by molar-refractivity contribution is 6.16. The van der Waals surface area contributed by atoms with Crippen LogP contribution in [0.3, 0.4) is 0 Å². The molecule has 1 aromatic carbocycles. The maximum atomic E-state index is 13.1. The number of rotatable bonds is 2. The number of nitrogens with zero attached hydrogens (tertiary/aromatic N) is 4. The molecule has 0 aliphatic carbocycles. The number of hydrogen-bond acceptors (Lipinski definition) is 3. The SMILES string of the molecule is Fc1ccc(-n2nnnc2CCl)cc1C(F)(F)F. The first-order chi connectivity index (χ1) is 8.43. The summed E-state index contributed by atoms with van der Waals surface area (Å²) in [7, 11) is 0. The van der Waals surface area contributed by atoms with Crippen LogP contribution in [0.5, 0.6) is 0 Å². The van der Waals surface area contributed by atoms with Crippen molar-refractivity contribution in [1.82, 2.24) is 20.2 Å². The molecule has 0 saturated heterocycles. The van der Waals surface area contributed by atoms with Gasteiger partial charge >= 0.3 is 6.18 Å². The summed E-state index contributed by atoms with van der Waals surface area (Å²) < 4.78 is 51.7. The second-order valence-corrected chi connectivity index (χ2v) is 3.57. The summed E-state index contributed by atoms with van der Waals surface area (Å²) in [5, 5.41) is 10.3. The van der Waals surface area contributed by atoms with Crippen LogP contribution in [0.4, 0.5) is 17.6 Å². The molecule has 9 heteroatoms. The molecular weight excluding hydrogens is 276 g/mol. The van der Waals surface area contributed by atoms with Crippen LogP contribution in [0.25, 0.3) is 5.69 Å². The van der Waals surface area contributed by atoms with E-state index in [4.69, 9.17) is 11.6 Å². The first kappa shape index (κ1) is 12.7. The summed E-state index contributed by atoms with van der Waals surface area (Å²) >= 11 is 5.52. The van der Waals surface area contributed by atoms with Crippen LogP contribution in [0, 0.1) is 5.82 Å². The van der Waals surface area contributed by atoms with Gasteiger partial charge in [-0.1, -0.05) is 0 Å². The van der Waals surface area contributed by atoms with Gasteiger partial charge < -0.3 is 0 Å². The van der Waals surface area contributed by atoms with Gasteiger partial charge in [0, 0.05) is 0 Å². The van der Waals surface area contributed by atoms with E-state index >= 15 is 0 Å². The lowest BCUT2D eigenvalue weighted by atomic mass is 10.2. The highest BCUT2D eigenvalue weighted by atomic mass is 35.5. The number of halogens is 5. The Bertz CT molecular complexity index is 566. The zero-order chi connectivity index (χ0) is 13.3. The predicted octanol–water partition coefficient (Wildman–Crippen LogP) is 2.56. The van der Waals surface area contributed by atoms with E-state index in [0.717, 1.165) is 10.7 Å². The van der Waals surface area contributed by atoms with E-state index < -0.39 is 17.6 Å². The van der Waals surface area contributed by atoms with Gasteiger partial charge in [0.15, 0.2) is 5.82 Å². The molecule has 0 bridgehead atoms. The molecule has 2 aromatic rings. The van der Waals surface area contributed by atoms with Crippen LogP contribution in [0.15, 0.2) is 18.2 Å². The van der Waals surface area contributed by atoms with Gasteiger partial charge in [-0.25, -0.2) is 4.39 Å². The molecule has 0 amide bonds. The fourth-order valence-corrected chi connectivity index (χ4v) is 1.52. The molecule has 0 N–H and O–H groups in total. The molecule has 1 aromatic heterocycles. The number of tetrazole rings is 1. The molecule has 96 valence electrons. The Hall–Kier alpha value is -1.70. The van der Waals surface area contributed by atoms with Crippen molar-refractivity contribution < 1.29 is 17.6 Å². The van der Waals surface area contributed by atoms with Crippen molar-refractivity contribution in [1.29, 1.82) is 0 Å². The van der Waals surface area contributed by atoms with Crippen LogP contribution in [-0.2, 0) is 12.1 Å². The minimum absolute atomic E-state index is 0.00984. The van der Waals surface area contributed by atoms with Crippen molar-refractivity contribution in [2.24, 2.45) is 0 Å². The molecule has 0 fully saturated rings. The standard InChI is InChI=1S/C9H5ClF4N4/c10-4-8-15-16-17-18(8)5-1-2-7(11)6(3-5)9(12,13)14/h1-3H,4H2. The van der Waals surface area contributed by atoms with Crippen LogP contribution in [-0.4, -0.2) is 20.2 Å². The molecule has 0 radical (unpaired) electrons. The van der Waals surface area contributed by atoms with Gasteiger partial charge in [-0.15, -0.1) is 16.7 Å². The third-order valence-electron chi connectivity index (χ3n) is 2.15. The highest BCUT2D eigenvalue weighted by Gasteiger charge is 2.34. The van der Waals surface area contributed by atoms with E-state index in [2.05, 4.69) is 15.5 Å². The summed E-state index contributed by atoms with van der Waals surface area (Å²) in [4.78, 5) is 0. The molecule has 4 nitrogen and oxygen atoms in total. The largest absolute Gasteiger partial charge is 0.419 e. The molecule has 0 unspecified atom stereocenters. The van der Waals surface area contributed by atoms with Crippen molar-refractivity contribution in [3.05, 3.63) is 35.4 Å². The Morgan fingerprint density at radius 1 is 1.28 bits per heavy atom. The van der Waals surface area contributed by atoms with Crippen molar-refractivity contribution in [2.75, 3.05) is 0 Å². The molecule has 0 saturated carbocycles. The molecule has 0 aliphatic heterocycles. The number of benzene rings is 1. The first-order valence-corrected chi connectivity index (χ1v) is 5.17. The highest BCUT2D eigenvalue weighted by Crippen LogP contribution is 2.32. The number of hydrogen-bond donors (Lipinski definition) is 0. The average Bonchev–Trinajstić information content (AvgIpc) is 2.76. The summed E-state index contributed by atoms with van der Waals surface area (Å²) in [6.07, 6.45) is -4.78. The maximum Gasteiger partial charge on any atom is 0.419 e. The molecule has 18 heavy (non-hydrogen) atoms. The first-order valence-electron chi connectivity index (χ1n) is 4.64. The maximum absolute atomic E-state index is 13.1. The van der Waals surface area contributed by atoms with Gasteiger partial charge in [-0.3, -0.25) is 0 Å². The van der Waals surface area contributed by atoms with E-state index in [-0.39, 0.29) is 17.4 Å². The molecule has 0 atom stereocenters. The third-order valence-corrected chi connectivity index (χ3v) is 2.39. The summed E-state index contributed by atoms with van der Waals surface area (Å²) in [6, 6.07) is 2.47. The number of alkyl halides is 4. The lowest BCUT2D eigenvalue weighted by molar-refractivity contribution is -0.140. The van der Waals surface area contributed by atoms with Crippen LogP contribution in [0.1, 0.15) is 11.4 Å². The van der Waals surface area contributed by atoms with Crippen LogP contribution >= 0.6 is 11.6 Å². The molecule has 0 aliphatic rings. The molecular formula is C9H5ClF4N4. The van der Waals surface area contributed by atoms with E-state index in [1.54, 1.807) is 0 Å². The predicted molar refractivity (Wildman–Crippen MR) is 53.7 cm³/mol. The Morgan fingerprint density at radius 2 is 2.00 bits per heavy atom. The van der Waals surface area contributed by atoms with Gasteiger partial charge in [-0.2, -0.15) is 17.9 Å². The topological polar surface area (TPSA) is 43.6 Å². The van der Waals surface area contributed by atoms with Gasteiger partial charge in [0.1, 0.15) is 5.82 Å². The van der Waals surface area contributed by atoms with Gasteiger partial charge in [0.2, 0.25) is 0 Å². The minimum Gasteiger partial charge on any atom is -0.206 e. The zero-order valence-electron chi connectivity index (χ0n) is 8.62. The fraction of sp³-hybridized carbons (Fsp3) is 0.222. The zero-order valence-corrected chi connectivity index (χ0v) is 9.37. The Balaban J connectivity index is 2.54.